The maximum Gasteiger partial charge on any atom is 0.306 e. The molecular weight excluding hydrogens is 312 g/mol. The zero-order chi connectivity index (χ0) is 18.7. The summed E-state index contributed by atoms with van der Waals surface area (Å²) in [5.74, 6) is -1.46. The van der Waals surface area contributed by atoms with E-state index in [1.54, 1.807) is 0 Å². The number of hydrogen-bond donors (Lipinski definition) is 2. The van der Waals surface area contributed by atoms with Gasteiger partial charge in [0.05, 0.1) is 19.6 Å². The maximum absolute atomic E-state index is 12.5. The lowest BCUT2D eigenvalue weighted by Gasteiger charge is -2.26. The van der Waals surface area contributed by atoms with E-state index >= 15 is 0 Å². The summed E-state index contributed by atoms with van der Waals surface area (Å²) in [6.45, 7) is 7.52. The topological polar surface area (TPSA) is 102 Å². The van der Waals surface area contributed by atoms with Gasteiger partial charge in [0.15, 0.2) is 0 Å². The Kier molecular flexibility index (Phi) is 10.7. The molecule has 7 nitrogen and oxygen atoms in total. The number of hydrogen-bond acceptors (Lipinski definition) is 5. The van der Waals surface area contributed by atoms with Crippen molar-refractivity contribution in [3.63, 3.8) is 0 Å². The molecule has 0 aliphatic rings. The first-order chi connectivity index (χ1) is 11.3. The molecule has 24 heavy (non-hydrogen) atoms. The molecule has 0 fully saturated rings. The van der Waals surface area contributed by atoms with Gasteiger partial charge in [-0.3, -0.25) is 19.2 Å². The number of esters is 1. The second kappa shape index (κ2) is 11.6. The van der Waals surface area contributed by atoms with E-state index in [0.717, 1.165) is 6.42 Å². The van der Waals surface area contributed by atoms with Crippen LogP contribution in [0.25, 0.3) is 0 Å². The fraction of sp³-hybridized carbons (Fsp3) is 0.765. The molecule has 0 rings (SSSR count). The van der Waals surface area contributed by atoms with E-state index in [0.29, 0.717) is 6.42 Å². The molecule has 0 aromatic carbocycles. The van der Waals surface area contributed by atoms with E-state index in [1.807, 2.05) is 34.0 Å². The molecule has 2 N–H and O–H groups in total. The van der Waals surface area contributed by atoms with Crippen molar-refractivity contribution in [3.05, 3.63) is 0 Å². The largest absolute Gasteiger partial charge is 0.469 e. The van der Waals surface area contributed by atoms with Crippen molar-refractivity contribution < 1.29 is 23.9 Å². The van der Waals surface area contributed by atoms with Crippen LogP contribution in [0.2, 0.25) is 0 Å². The Bertz CT molecular complexity index is 439. The van der Waals surface area contributed by atoms with Crippen LogP contribution in [0.3, 0.4) is 0 Å². The lowest BCUT2D eigenvalue weighted by atomic mass is 9.95. The highest BCUT2D eigenvalue weighted by Gasteiger charge is 2.29. The Balaban J connectivity index is 4.86. The molecule has 0 aromatic rings. The van der Waals surface area contributed by atoms with Crippen LogP contribution in [0, 0.1) is 11.8 Å². The smallest absolute Gasteiger partial charge is 0.306 e. The summed E-state index contributed by atoms with van der Waals surface area (Å²) in [7, 11) is 1.25. The van der Waals surface area contributed by atoms with Crippen LogP contribution in [0.15, 0.2) is 0 Å². The number of carbonyl (C=O) groups excluding carboxylic acids is 4. The van der Waals surface area contributed by atoms with Crippen LogP contribution in [0.4, 0.5) is 0 Å². The summed E-state index contributed by atoms with van der Waals surface area (Å²) in [6.07, 6.45) is 3.14. The highest BCUT2D eigenvalue weighted by atomic mass is 16.5. The van der Waals surface area contributed by atoms with E-state index < -0.39 is 29.9 Å². The lowest BCUT2D eigenvalue weighted by Crippen LogP contribution is -2.54. The van der Waals surface area contributed by atoms with E-state index in [4.69, 9.17) is 0 Å². The average molecular weight is 341 g/mol. The van der Waals surface area contributed by atoms with E-state index in [9.17, 15) is 19.2 Å². The van der Waals surface area contributed by atoms with E-state index in [2.05, 4.69) is 15.4 Å². The van der Waals surface area contributed by atoms with E-state index in [-0.39, 0.29) is 24.7 Å². The zero-order valence-corrected chi connectivity index (χ0v) is 15.2. The van der Waals surface area contributed by atoms with Gasteiger partial charge in [-0.15, -0.1) is 0 Å². The van der Waals surface area contributed by atoms with Crippen LogP contribution in [0.5, 0.6) is 0 Å². The molecule has 0 aliphatic heterocycles. The Morgan fingerprint density at radius 1 is 1.00 bits per heavy atom. The first-order valence-corrected chi connectivity index (χ1v) is 8.34. The summed E-state index contributed by atoms with van der Waals surface area (Å²) in [4.78, 5) is 46.6. The molecule has 0 unspecified atom stereocenters. The third-order valence-corrected chi connectivity index (χ3v) is 4.23. The highest BCUT2D eigenvalue weighted by Crippen LogP contribution is 2.11. The Morgan fingerprint density at radius 3 is 2.04 bits per heavy atom. The lowest BCUT2D eigenvalue weighted by molar-refractivity contribution is -0.142. The number of amides is 2. The summed E-state index contributed by atoms with van der Waals surface area (Å²) in [5, 5.41) is 5.29. The number of rotatable bonds is 11. The van der Waals surface area contributed by atoms with Crippen molar-refractivity contribution >= 4 is 24.1 Å². The maximum atomic E-state index is 12.5. The normalized spacial score (nSPS) is 15.5. The molecule has 4 atom stereocenters. The number of ether oxygens (including phenoxy) is 1. The molecule has 0 spiro atoms. The van der Waals surface area contributed by atoms with Gasteiger partial charge in [-0.25, -0.2) is 0 Å². The predicted molar refractivity (Wildman–Crippen MR) is 89.7 cm³/mol. The molecule has 0 aromatic heterocycles. The minimum atomic E-state index is -0.764. The van der Waals surface area contributed by atoms with Gasteiger partial charge in [-0.1, -0.05) is 40.5 Å². The Morgan fingerprint density at radius 2 is 1.58 bits per heavy atom. The third kappa shape index (κ3) is 7.57. The first-order valence-electron chi connectivity index (χ1n) is 8.34. The van der Waals surface area contributed by atoms with Crippen LogP contribution in [0.1, 0.15) is 53.4 Å². The van der Waals surface area contributed by atoms with Gasteiger partial charge in [0.2, 0.25) is 18.1 Å². The van der Waals surface area contributed by atoms with Crippen molar-refractivity contribution in [2.45, 2.75) is 65.5 Å². The molecule has 0 saturated heterocycles. The number of carbonyl (C=O) groups is 3. The van der Waals surface area contributed by atoms with Gasteiger partial charge in [0, 0.05) is 6.42 Å². The molecule has 2 amide bonds. The van der Waals surface area contributed by atoms with Crippen molar-refractivity contribution in [2.24, 2.45) is 11.8 Å². The first kappa shape index (κ1) is 22.1. The highest BCUT2D eigenvalue weighted by molar-refractivity contribution is 5.90. The van der Waals surface area contributed by atoms with Gasteiger partial charge in [-0.2, -0.15) is 0 Å². The summed E-state index contributed by atoms with van der Waals surface area (Å²) >= 11 is 0. The molecule has 0 bridgehead atoms. The fourth-order valence-corrected chi connectivity index (χ4v) is 2.03. The van der Waals surface area contributed by atoms with Crippen molar-refractivity contribution in [1.82, 2.24) is 10.6 Å². The average Bonchev–Trinajstić information content (AvgIpc) is 2.60. The van der Waals surface area contributed by atoms with Crippen molar-refractivity contribution in [3.8, 4) is 0 Å². The molecule has 0 saturated carbocycles. The van der Waals surface area contributed by atoms with Crippen LogP contribution in [-0.2, 0) is 23.9 Å². The minimum Gasteiger partial charge on any atom is -0.469 e. The quantitative estimate of drug-likeness (QED) is 0.548. The zero-order valence-electron chi connectivity index (χ0n) is 15.2. The molecule has 0 heterocycles. The van der Waals surface area contributed by atoms with Gasteiger partial charge in [0.1, 0.15) is 6.04 Å². The van der Waals surface area contributed by atoms with Crippen LogP contribution in [-0.4, -0.2) is 43.3 Å². The van der Waals surface area contributed by atoms with Gasteiger partial charge in [-0.05, 0) is 11.8 Å². The molecule has 0 aliphatic carbocycles. The van der Waals surface area contributed by atoms with Crippen LogP contribution >= 0.6 is 0 Å². The third-order valence-electron chi connectivity index (χ3n) is 4.23. The summed E-state index contributed by atoms with van der Waals surface area (Å²) in [6, 6.07) is -1.47. The number of methoxy groups -OCH3 is 1. The fourth-order valence-electron chi connectivity index (χ4n) is 2.03. The summed E-state index contributed by atoms with van der Waals surface area (Å²) in [5.41, 5.74) is 0. The second-order valence-corrected chi connectivity index (χ2v) is 6.00. The minimum absolute atomic E-state index is 0.0425. The Labute approximate surface area is 143 Å². The molecule has 137 valence electrons. The summed E-state index contributed by atoms with van der Waals surface area (Å²) < 4.78 is 4.49. The Hall–Kier alpha value is -1.92. The van der Waals surface area contributed by atoms with Gasteiger partial charge >= 0.3 is 5.97 Å². The van der Waals surface area contributed by atoms with Gasteiger partial charge < -0.3 is 15.4 Å². The van der Waals surface area contributed by atoms with E-state index in [1.165, 1.54) is 7.11 Å². The number of nitrogens with one attached hydrogen (secondary N) is 2. The monoisotopic (exact) mass is 341 g/mol. The molecule has 7 heteroatoms. The SMILES string of the molecule is CC[C@H](C)[C@H](NC(=O)CCC(=O)OC)C(=O)N[C@H]([C]=O)[C@@H](C)CC. The molecular formula is C17H29N2O5. The standard InChI is InChI=1S/C17H29N2O5/c1-6-11(3)13(10-20)18-17(23)16(12(4)7-2)19-14(21)8-9-15(22)24-5/h11-13,16H,6-9H2,1-5H3,(H,18,23)(H,19,21)/t11-,12-,13+,16-/m0/s1. The molecule has 1 radical (unpaired) electrons. The predicted octanol–water partition coefficient (Wildman–Crippen LogP) is 1.11. The second-order valence-electron chi connectivity index (χ2n) is 6.00. The van der Waals surface area contributed by atoms with Crippen molar-refractivity contribution in [2.75, 3.05) is 7.11 Å². The van der Waals surface area contributed by atoms with Crippen molar-refractivity contribution in [1.29, 1.82) is 0 Å². The van der Waals surface area contributed by atoms with Gasteiger partial charge in [0.25, 0.3) is 0 Å². The van der Waals surface area contributed by atoms with Crippen LogP contribution < -0.4 is 10.6 Å².